The predicted molar refractivity (Wildman–Crippen MR) is 125 cm³/mol. The minimum Gasteiger partial charge on any atom is -0.457 e. The number of hydrogen-bond donors (Lipinski definition) is 0. The summed E-state index contributed by atoms with van der Waals surface area (Å²) in [7, 11) is 0. The van der Waals surface area contributed by atoms with E-state index in [0.717, 1.165) is 23.2 Å². The van der Waals surface area contributed by atoms with Gasteiger partial charge in [0, 0.05) is 22.7 Å². The fourth-order valence-electron chi connectivity index (χ4n) is 6.38. The molecule has 4 aliphatic carbocycles. The van der Waals surface area contributed by atoms with Crippen LogP contribution in [0.4, 0.5) is 0 Å². The molecule has 5 aliphatic rings. The van der Waals surface area contributed by atoms with E-state index >= 15 is 0 Å². The summed E-state index contributed by atoms with van der Waals surface area (Å²) in [4.78, 5) is 16.0. The fourth-order valence-corrected chi connectivity index (χ4v) is 7.84. The van der Waals surface area contributed by atoms with E-state index in [1.807, 2.05) is 47.4 Å². The molecule has 3 nitrogen and oxygen atoms in total. The molecule has 2 heterocycles. The Labute approximate surface area is 190 Å². The Morgan fingerprint density at radius 3 is 2.33 bits per heavy atom. The molecular formula is C24H22ClNO2S2. The number of rotatable bonds is 3. The van der Waals surface area contributed by atoms with Gasteiger partial charge in [0.2, 0.25) is 0 Å². The summed E-state index contributed by atoms with van der Waals surface area (Å²) in [5, 5.41) is 0.694. The van der Waals surface area contributed by atoms with Crippen LogP contribution in [0.1, 0.15) is 37.9 Å². The maximum absolute atomic E-state index is 13.4. The SMILES string of the molecule is O=C1/C(=C/c2ccc(-c3ccc(Cl)cc3)o2)SC(=S)N1C1C2CC3CC(C2)CC1C3. The lowest BCUT2D eigenvalue weighted by Crippen LogP contribution is -2.57. The van der Waals surface area contributed by atoms with Gasteiger partial charge in [-0.05, 0) is 92.2 Å². The zero-order valence-electron chi connectivity index (χ0n) is 16.4. The van der Waals surface area contributed by atoms with Crippen molar-refractivity contribution in [2.45, 2.75) is 38.1 Å². The average molecular weight is 456 g/mol. The summed E-state index contributed by atoms with van der Waals surface area (Å²) in [5.74, 6) is 4.51. The van der Waals surface area contributed by atoms with Crippen molar-refractivity contribution in [3.05, 3.63) is 52.1 Å². The number of furan rings is 1. The molecule has 4 saturated carbocycles. The van der Waals surface area contributed by atoms with Crippen LogP contribution in [0.3, 0.4) is 0 Å². The molecule has 0 N–H and O–H groups in total. The molecular weight excluding hydrogens is 434 g/mol. The Bertz CT molecular complexity index is 1030. The number of thiocarbonyl (C=S) groups is 1. The zero-order valence-corrected chi connectivity index (χ0v) is 18.8. The van der Waals surface area contributed by atoms with Crippen molar-refractivity contribution in [3.63, 3.8) is 0 Å². The van der Waals surface area contributed by atoms with Crippen molar-refractivity contribution < 1.29 is 9.21 Å². The molecule has 0 atom stereocenters. The Morgan fingerprint density at radius 1 is 1.00 bits per heavy atom. The van der Waals surface area contributed by atoms with E-state index in [1.54, 1.807) is 0 Å². The standard InChI is InChI=1S/C24H22ClNO2S2/c25-18-3-1-15(2-4-18)20-6-5-19(28-20)12-21-23(27)26(24(29)30-21)22-16-8-13-7-14(10-16)11-17(22)9-13/h1-6,12-14,16-17,22H,7-11H2/b21-12-. The van der Waals surface area contributed by atoms with Crippen molar-refractivity contribution in [1.29, 1.82) is 0 Å². The van der Waals surface area contributed by atoms with Crippen LogP contribution < -0.4 is 0 Å². The van der Waals surface area contributed by atoms with Gasteiger partial charge in [-0.25, -0.2) is 0 Å². The highest BCUT2D eigenvalue weighted by Gasteiger charge is 2.53. The van der Waals surface area contributed by atoms with Gasteiger partial charge < -0.3 is 4.42 Å². The van der Waals surface area contributed by atoms with Crippen molar-refractivity contribution in [3.8, 4) is 11.3 Å². The van der Waals surface area contributed by atoms with Gasteiger partial charge in [-0.3, -0.25) is 9.69 Å². The summed E-state index contributed by atoms with van der Waals surface area (Å²) in [6, 6.07) is 11.7. The van der Waals surface area contributed by atoms with Gasteiger partial charge in [-0.1, -0.05) is 35.6 Å². The predicted octanol–water partition coefficient (Wildman–Crippen LogP) is 6.63. The zero-order chi connectivity index (χ0) is 20.4. The number of nitrogens with zero attached hydrogens (tertiary/aromatic N) is 1. The Morgan fingerprint density at radius 2 is 1.67 bits per heavy atom. The average Bonchev–Trinajstić information content (AvgIpc) is 3.28. The third kappa shape index (κ3) is 3.17. The van der Waals surface area contributed by atoms with E-state index in [0.29, 0.717) is 37.9 Å². The first-order valence-electron chi connectivity index (χ1n) is 10.7. The molecule has 5 fully saturated rings. The second kappa shape index (κ2) is 7.25. The molecule has 1 aromatic heterocycles. The van der Waals surface area contributed by atoms with Gasteiger partial charge in [0.15, 0.2) is 0 Å². The van der Waals surface area contributed by atoms with E-state index in [2.05, 4.69) is 0 Å². The van der Waals surface area contributed by atoms with Crippen LogP contribution >= 0.6 is 35.6 Å². The number of carbonyl (C=O) groups is 1. The number of carbonyl (C=O) groups excluding carboxylic acids is 1. The molecule has 4 bridgehead atoms. The number of amides is 1. The van der Waals surface area contributed by atoms with E-state index in [-0.39, 0.29) is 5.91 Å². The third-order valence-corrected chi connectivity index (χ3v) is 8.91. The maximum Gasteiger partial charge on any atom is 0.266 e. The summed E-state index contributed by atoms with van der Waals surface area (Å²) in [6.07, 6.45) is 8.35. The second-order valence-corrected chi connectivity index (χ2v) is 11.3. The maximum atomic E-state index is 13.4. The Balaban J connectivity index is 1.25. The molecule has 0 unspecified atom stereocenters. The molecule has 2 aromatic rings. The molecule has 1 aliphatic heterocycles. The summed E-state index contributed by atoms with van der Waals surface area (Å²) < 4.78 is 6.70. The number of benzene rings is 1. The van der Waals surface area contributed by atoms with Gasteiger partial charge in [0.1, 0.15) is 15.8 Å². The first-order chi connectivity index (χ1) is 14.5. The molecule has 1 aromatic carbocycles. The van der Waals surface area contributed by atoms with Gasteiger partial charge in [0.25, 0.3) is 5.91 Å². The number of halogens is 1. The van der Waals surface area contributed by atoms with Gasteiger partial charge >= 0.3 is 0 Å². The van der Waals surface area contributed by atoms with E-state index in [4.69, 9.17) is 28.2 Å². The van der Waals surface area contributed by atoms with Gasteiger partial charge in [-0.15, -0.1) is 0 Å². The van der Waals surface area contributed by atoms with Crippen molar-refractivity contribution >= 4 is 51.9 Å². The smallest absolute Gasteiger partial charge is 0.266 e. The largest absolute Gasteiger partial charge is 0.457 e. The van der Waals surface area contributed by atoms with Crippen LogP contribution in [0.15, 0.2) is 45.7 Å². The van der Waals surface area contributed by atoms with Crippen LogP contribution in [-0.2, 0) is 4.79 Å². The highest BCUT2D eigenvalue weighted by atomic mass is 35.5. The van der Waals surface area contributed by atoms with Crippen LogP contribution in [-0.4, -0.2) is 21.2 Å². The normalized spacial score (nSPS) is 33.8. The molecule has 7 rings (SSSR count). The van der Waals surface area contributed by atoms with E-state index < -0.39 is 0 Å². The lowest BCUT2D eigenvalue weighted by atomic mass is 9.54. The molecule has 1 saturated heterocycles. The molecule has 1 amide bonds. The molecule has 0 radical (unpaired) electrons. The first-order valence-corrected chi connectivity index (χ1v) is 12.3. The summed E-state index contributed by atoms with van der Waals surface area (Å²) in [6.45, 7) is 0. The molecule has 0 spiro atoms. The highest BCUT2D eigenvalue weighted by molar-refractivity contribution is 8.26. The van der Waals surface area contributed by atoms with Crippen LogP contribution in [0.5, 0.6) is 0 Å². The lowest BCUT2D eigenvalue weighted by Gasteiger charge is -2.56. The number of hydrogen-bond acceptors (Lipinski definition) is 4. The van der Waals surface area contributed by atoms with Crippen LogP contribution in [0.25, 0.3) is 17.4 Å². The topological polar surface area (TPSA) is 33.5 Å². The van der Waals surface area contributed by atoms with E-state index in [1.165, 1.54) is 43.9 Å². The number of thioether (sulfide) groups is 1. The van der Waals surface area contributed by atoms with Crippen molar-refractivity contribution in [2.75, 3.05) is 0 Å². The monoisotopic (exact) mass is 455 g/mol. The van der Waals surface area contributed by atoms with Crippen molar-refractivity contribution in [1.82, 2.24) is 4.90 Å². The second-order valence-electron chi connectivity index (χ2n) is 9.18. The first kappa shape index (κ1) is 19.1. The van der Waals surface area contributed by atoms with Crippen molar-refractivity contribution in [2.24, 2.45) is 23.7 Å². The van der Waals surface area contributed by atoms with Gasteiger partial charge in [-0.2, -0.15) is 0 Å². The lowest BCUT2D eigenvalue weighted by molar-refractivity contribution is -0.130. The third-order valence-electron chi connectivity index (χ3n) is 7.33. The van der Waals surface area contributed by atoms with Gasteiger partial charge in [0.05, 0.1) is 4.91 Å². The minimum absolute atomic E-state index is 0.0620. The Hall–Kier alpha value is -1.56. The Kier molecular flexibility index (Phi) is 4.63. The summed E-state index contributed by atoms with van der Waals surface area (Å²) in [5.41, 5.74) is 0.959. The quantitative estimate of drug-likeness (QED) is 0.384. The molecule has 6 heteroatoms. The fraction of sp³-hybridized carbons (Fsp3) is 0.417. The van der Waals surface area contributed by atoms with Crippen LogP contribution in [0.2, 0.25) is 5.02 Å². The highest BCUT2D eigenvalue weighted by Crippen LogP contribution is 2.56. The summed E-state index contributed by atoms with van der Waals surface area (Å²) >= 11 is 13.1. The van der Waals surface area contributed by atoms with Crippen LogP contribution in [0, 0.1) is 23.7 Å². The van der Waals surface area contributed by atoms with E-state index in [9.17, 15) is 4.79 Å². The molecule has 154 valence electrons. The minimum atomic E-state index is 0.0620. The molecule has 30 heavy (non-hydrogen) atoms.